The minimum Gasteiger partial charge on any atom is -0.493 e. The molecule has 0 atom stereocenters. The molecule has 0 fully saturated rings. The highest BCUT2D eigenvalue weighted by molar-refractivity contribution is 6.32. The molecule has 0 bridgehead atoms. The number of ether oxygens (including phenoxy) is 4. The van der Waals surface area contributed by atoms with Crippen LogP contribution in [0.1, 0.15) is 21.5 Å². The Labute approximate surface area is 174 Å². The summed E-state index contributed by atoms with van der Waals surface area (Å²) < 4.78 is 21.1. The Kier molecular flexibility index (Phi) is 7.55. The SMILES string of the molecule is COc1cc(C(=O)NNC(=O)COc2cc(C)c(Cl)c(C)c2)cc(OC)c1OC. The molecule has 2 aromatic carbocycles. The summed E-state index contributed by atoms with van der Waals surface area (Å²) in [4.78, 5) is 24.3. The lowest BCUT2D eigenvalue weighted by molar-refractivity contribution is -0.123. The Bertz CT molecular complexity index is 868. The van der Waals surface area contributed by atoms with Crippen molar-refractivity contribution in [1.29, 1.82) is 0 Å². The fourth-order valence-corrected chi connectivity index (χ4v) is 2.69. The van der Waals surface area contributed by atoms with Crippen LogP contribution in [0.3, 0.4) is 0 Å². The molecular weight excluding hydrogens is 400 g/mol. The van der Waals surface area contributed by atoms with Gasteiger partial charge in [-0.05, 0) is 49.2 Å². The van der Waals surface area contributed by atoms with Crippen molar-refractivity contribution in [2.24, 2.45) is 0 Å². The van der Waals surface area contributed by atoms with Crippen molar-refractivity contribution in [2.75, 3.05) is 27.9 Å². The van der Waals surface area contributed by atoms with Gasteiger partial charge in [-0.1, -0.05) is 11.6 Å². The maximum atomic E-state index is 12.4. The van der Waals surface area contributed by atoms with Gasteiger partial charge in [0.25, 0.3) is 11.8 Å². The fourth-order valence-electron chi connectivity index (χ4n) is 2.59. The summed E-state index contributed by atoms with van der Waals surface area (Å²) in [6.07, 6.45) is 0. The van der Waals surface area contributed by atoms with Crippen LogP contribution in [0.4, 0.5) is 0 Å². The highest BCUT2D eigenvalue weighted by Gasteiger charge is 2.17. The first-order chi connectivity index (χ1) is 13.8. The van der Waals surface area contributed by atoms with Crippen LogP contribution in [0.15, 0.2) is 24.3 Å². The van der Waals surface area contributed by atoms with Crippen molar-refractivity contribution in [3.8, 4) is 23.0 Å². The van der Waals surface area contributed by atoms with Crippen LogP contribution in [0, 0.1) is 13.8 Å². The largest absolute Gasteiger partial charge is 0.493 e. The molecule has 2 rings (SSSR count). The molecule has 0 aliphatic rings. The zero-order valence-corrected chi connectivity index (χ0v) is 17.6. The molecule has 2 aromatic rings. The number of benzene rings is 2. The Morgan fingerprint density at radius 3 is 1.93 bits per heavy atom. The molecule has 0 aromatic heterocycles. The van der Waals surface area contributed by atoms with Gasteiger partial charge in [-0.15, -0.1) is 0 Å². The lowest BCUT2D eigenvalue weighted by Gasteiger charge is -2.14. The molecular formula is C20H23ClN2O6. The van der Waals surface area contributed by atoms with Crippen LogP contribution in [0.2, 0.25) is 5.02 Å². The third kappa shape index (κ3) is 5.45. The maximum absolute atomic E-state index is 12.4. The zero-order chi connectivity index (χ0) is 21.6. The number of carbonyl (C=O) groups is 2. The van der Waals surface area contributed by atoms with Gasteiger partial charge in [0.2, 0.25) is 5.75 Å². The number of carbonyl (C=O) groups excluding carboxylic acids is 2. The van der Waals surface area contributed by atoms with Gasteiger partial charge in [0, 0.05) is 10.6 Å². The normalized spacial score (nSPS) is 10.1. The van der Waals surface area contributed by atoms with E-state index in [0.29, 0.717) is 28.0 Å². The number of hydrogen-bond donors (Lipinski definition) is 2. The smallest absolute Gasteiger partial charge is 0.276 e. The predicted molar refractivity (Wildman–Crippen MR) is 108 cm³/mol. The van der Waals surface area contributed by atoms with Crippen molar-refractivity contribution in [2.45, 2.75) is 13.8 Å². The summed E-state index contributed by atoms with van der Waals surface area (Å²) in [7, 11) is 4.35. The molecule has 9 heteroatoms. The number of hydrogen-bond acceptors (Lipinski definition) is 6. The van der Waals surface area contributed by atoms with Crippen LogP contribution < -0.4 is 29.8 Å². The van der Waals surface area contributed by atoms with Crippen molar-refractivity contribution in [3.05, 3.63) is 46.0 Å². The number of nitrogens with one attached hydrogen (secondary N) is 2. The van der Waals surface area contributed by atoms with Crippen LogP contribution in [-0.2, 0) is 4.79 Å². The van der Waals surface area contributed by atoms with E-state index in [2.05, 4.69) is 10.9 Å². The molecule has 0 saturated carbocycles. The average Bonchev–Trinajstić information content (AvgIpc) is 2.72. The van der Waals surface area contributed by atoms with E-state index in [1.807, 2.05) is 13.8 Å². The van der Waals surface area contributed by atoms with E-state index in [0.717, 1.165) is 11.1 Å². The van der Waals surface area contributed by atoms with Gasteiger partial charge < -0.3 is 18.9 Å². The second-order valence-electron chi connectivity index (χ2n) is 6.08. The molecule has 0 saturated heterocycles. The molecule has 29 heavy (non-hydrogen) atoms. The van der Waals surface area contributed by atoms with Gasteiger partial charge in [-0.3, -0.25) is 20.4 Å². The van der Waals surface area contributed by atoms with Gasteiger partial charge in [-0.25, -0.2) is 0 Å². The lowest BCUT2D eigenvalue weighted by atomic mass is 10.1. The van der Waals surface area contributed by atoms with Gasteiger partial charge in [0.15, 0.2) is 18.1 Å². The molecule has 2 N–H and O–H groups in total. The molecule has 2 amide bonds. The third-order valence-electron chi connectivity index (χ3n) is 4.02. The molecule has 0 unspecified atom stereocenters. The van der Waals surface area contributed by atoms with E-state index in [1.165, 1.54) is 33.5 Å². The molecule has 0 radical (unpaired) electrons. The first-order valence-electron chi connectivity index (χ1n) is 8.59. The summed E-state index contributed by atoms with van der Waals surface area (Å²) in [5.41, 5.74) is 6.51. The van der Waals surface area contributed by atoms with E-state index >= 15 is 0 Å². The van der Waals surface area contributed by atoms with Crippen molar-refractivity contribution >= 4 is 23.4 Å². The Morgan fingerprint density at radius 1 is 0.897 bits per heavy atom. The minimum absolute atomic E-state index is 0.213. The zero-order valence-electron chi connectivity index (χ0n) is 16.8. The molecule has 0 spiro atoms. The first kappa shape index (κ1) is 22.2. The minimum atomic E-state index is -0.559. The van der Waals surface area contributed by atoms with E-state index in [9.17, 15) is 9.59 Å². The second kappa shape index (κ2) is 9.88. The topological polar surface area (TPSA) is 95.1 Å². The summed E-state index contributed by atoms with van der Waals surface area (Å²) >= 11 is 6.11. The van der Waals surface area contributed by atoms with Crippen molar-refractivity contribution in [3.63, 3.8) is 0 Å². The average molecular weight is 423 g/mol. The molecule has 0 heterocycles. The van der Waals surface area contributed by atoms with Crippen LogP contribution in [0.5, 0.6) is 23.0 Å². The van der Waals surface area contributed by atoms with E-state index in [1.54, 1.807) is 12.1 Å². The van der Waals surface area contributed by atoms with Gasteiger partial charge in [-0.2, -0.15) is 0 Å². The van der Waals surface area contributed by atoms with Crippen LogP contribution in [0.25, 0.3) is 0 Å². The standard InChI is InChI=1S/C20H23ClN2O6/c1-11-6-14(7-12(2)18(11)21)29-10-17(24)22-23-20(25)13-8-15(26-3)19(28-5)16(9-13)27-4/h6-9H,10H2,1-5H3,(H,22,24)(H,23,25). The Morgan fingerprint density at radius 2 is 1.45 bits per heavy atom. The molecule has 8 nitrogen and oxygen atoms in total. The highest BCUT2D eigenvalue weighted by Crippen LogP contribution is 2.38. The summed E-state index contributed by atoms with van der Waals surface area (Å²) in [6, 6.07) is 6.41. The van der Waals surface area contributed by atoms with Crippen LogP contribution in [-0.4, -0.2) is 39.8 Å². The number of rotatable bonds is 7. The second-order valence-corrected chi connectivity index (χ2v) is 6.45. The number of hydrazine groups is 1. The summed E-state index contributed by atoms with van der Waals surface area (Å²) in [5.74, 6) is 0.417. The lowest BCUT2D eigenvalue weighted by Crippen LogP contribution is -2.43. The Hall–Kier alpha value is -3.13. The van der Waals surface area contributed by atoms with E-state index < -0.39 is 11.8 Å². The summed E-state index contributed by atoms with van der Waals surface area (Å²) in [5, 5.41) is 0.652. The molecule has 0 aliphatic heterocycles. The number of halogens is 1. The maximum Gasteiger partial charge on any atom is 0.276 e. The van der Waals surface area contributed by atoms with Gasteiger partial charge in [0.05, 0.1) is 21.3 Å². The molecule has 0 aliphatic carbocycles. The van der Waals surface area contributed by atoms with Crippen molar-refractivity contribution < 1.29 is 28.5 Å². The third-order valence-corrected chi connectivity index (χ3v) is 4.62. The number of methoxy groups -OCH3 is 3. The quantitative estimate of drug-likeness (QED) is 0.666. The predicted octanol–water partition coefficient (Wildman–Crippen LogP) is 2.82. The van der Waals surface area contributed by atoms with Gasteiger partial charge in [0.1, 0.15) is 5.75 Å². The van der Waals surface area contributed by atoms with Gasteiger partial charge >= 0.3 is 0 Å². The van der Waals surface area contributed by atoms with Crippen molar-refractivity contribution in [1.82, 2.24) is 10.9 Å². The monoisotopic (exact) mass is 422 g/mol. The summed E-state index contributed by atoms with van der Waals surface area (Å²) in [6.45, 7) is 3.41. The number of amides is 2. The highest BCUT2D eigenvalue weighted by atomic mass is 35.5. The van der Waals surface area contributed by atoms with Crippen LogP contribution >= 0.6 is 11.6 Å². The first-order valence-corrected chi connectivity index (χ1v) is 8.97. The van der Waals surface area contributed by atoms with E-state index in [4.69, 9.17) is 30.5 Å². The fraction of sp³-hybridized carbons (Fsp3) is 0.300. The Balaban J connectivity index is 1.97. The van der Waals surface area contributed by atoms with E-state index in [-0.39, 0.29) is 12.2 Å². The number of aryl methyl sites for hydroxylation is 2. The molecule has 156 valence electrons.